The second kappa shape index (κ2) is 4.65. The molecule has 0 radical (unpaired) electrons. The molecule has 1 rings (SSSR count). The van der Waals surface area contributed by atoms with Crippen LogP contribution in [0.25, 0.3) is 0 Å². The highest BCUT2D eigenvalue weighted by atomic mass is 16.3. The van der Waals surface area contributed by atoms with Crippen LogP contribution in [0.1, 0.15) is 23.9 Å². The standard InChI is InChI=1S/C9H11N3O2/c1-6-4-11-5-7(12-6)9(14)8(13)2-3-10/h4-5,8-9,13-14H,2H2,1H3. The van der Waals surface area contributed by atoms with Gasteiger partial charge in [-0.3, -0.25) is 9.97 Å². The van der Waals surface area contributed by atoms with E-state index in [2.05, 4.69) is 9.97 Å². The summed E-state index contributed by atoms with van der Waals surface area (Å²) in [4.78, 5) is 7.83. The zero-order valence-electron chi connectivity index (χ0n) is 7.75. The van der Waals surface area contributed by atoms with Crippen LogP contribution in [-0.4, -0.2) is 26.3 Å². The third kappa shape index (κ3) is 2.49. The maximum Gasteiger partial charge on any atom is 0.124 e. The highest BCUT2D eigenvalue weighted by Crippen LogP contribution is 2.15. The molecule has 14 heavy (non-hydrogen) atoms. The molecule has 1 aromatic rings. The number of rotatable bonds is 3. The normalized spacial score (nSPS) is 14.4. The predicted octanol–water partition coefficient (Wildman–Crippen LogP) is 0.0930. The maximum absolute atomic E-state index is 9.54. The van der Waals surface area contributed by atoms with Crippen molar-refractivity contribution in [3.63, 3.8) is 0 Å². The zero-order chi connectivity index (χ0) is 10.6. The number of hydrogen-bond donors (Lipinski definition) is 2. The van der Waals surface area contributed by atoms with Crippen molar-refractivity contribution >= 4 is 0 Å². The van der Waals surface area contributed by atoms with Gasteiger partial charge < -0.3 is 10.2 Å². The lowest BCUT2D eigenvalue weighted by molar-refractivity contribution is 0.0187. The van der Waals surface area contributed by atoms with Gasteiger partial charge in [0.2, 0.25) is 0 Å². The number of nitrogens with zero attached hydrogens (tertiary/aromatic N) is 3. The van der Waals surface area contributed by atoms with Gasteiger partial charge in [0.15, 0.2) is 0 Å². The Morgan fingerprint density at radius 2 is 2.21 bits per heavy atom. The first-order valence-electron chi connectivity index (χ1n) is 4.16. The van der Waals surface area contributed by atoms with Crippen molar-refractivity contribution in [2.45, 2.75) is 25.6 Å². The van der Waals surface area contributed by atoms with Gasteiger partial charge in [-0.05, 0) is 6.92 Å². The summed E-state index contributed by atoms with van der Waals surface area (Å²) in [5, 5.41) is 27.2. The lowest BCUT2D eigenvalue weighted by Crippen LogP contribution is -2.19. The minimum absolute atomic E-state index is 0.128. The zero-order valence-corrected chi connectivity index (χ0v) is 7.75. The topological polar surface area (TPSA) is 90.0 Å². The first kappa shape index (κ1) is 10.6. The largest absolute Gasteiger partial charge is 0.389 e. The molecule has 1 heterocycles. The van der Waals surface area contributed by atoms with Gasteiger partial charge in [0.05, 0.1) is 36.2 Å². The Balaban J connectivity index is 2.79. The monoisotopic (exact) mass is 193 g/mol. The van der Waals surface area contributed by atoms with Crippen LogP contribution in [0.2, 0.25) is 0 Å². The number of aryl methyl sites for hydroxylation is 1. The number of aliphatic hydroxyl groups excluding tert-OH is 2. The van der Waals surface area contributed by atoms with E-state index in [4.69, 9.17) is 5.26 Å². The summed E-state index contributed by atoms with van der Waals surface area (Å²) in [5.74, 6) is 0. The van der Waals surface area contributed by atoms with Gasteiger partial charge in [-0.25, -0.2) is 0 Å². The lowest BCUT2D eigenvalue weighted by atomic mass is 10.1. The van der Waals surface area contributed by atoms with E-state index in [9.17, 15) is 10.2 Å². The highest BCUT2D eigenvalue weighted by Gasteiger charge is 2.19. The molecule has 0 saturated heterocycles. The molecular formula is C9H11N3O2. The molecular weight excluding hydrogens is 182 g/mol. The van der Waals surface area contributed by atoms with Gasteiger partial charge in [0.25, 0.3) is 0 Å². The van der Waals surface area contributed by atoms with Crippen molar-refractivity contribution < 1.29 is 10.2 Å². The van der Waals surface area contributed by atoms with E-state index in [1.54, 1.807) is 19.2 Å². The summed E-state index contributed by atoms with van der Waals surface area (Å²) >= 11 is 0. The van der Waals surface area contributed by atoms with Gasteiger partial charge in [0, 0.05) is 6.20 Å². The molecule has 0 fully saturated rings. The van der Waals surface area contributed by atoms with E-state index in [-0.39, 0.29) is 12.1 Å². The summed E-state index contributed by atoms with van der Waals surface area (Å²) in [6.45, 7) is 1.74. The molecule has 74 valence electrons. The van der Waals surface area contributed by atoms with E-state index >= 15 is 0 Å². The molecule has 0 aliphatic rings. The highest BCUT2D eigenvalue weighted by molar-refractivity contribution is 5.06. The molecule has 2 N–H and O–H groups in total. The van der Waals surface area contributed by atoms with Gasteiger partial charge in [-0.15, -0.1) is 0 Å². The molecule has 1 aromatic heterocycles. The fourth-order valence-corrected chi connectivity index (χ4v) is 1.03. The smallest absolute Gasteiger partial charge is 0.124 e. The molecule has 0 spiro atoms. The van der Waals surface area contributed by atoms with Crippen molar-refractivity contribution in [2.75, 3.05) is 0 Å². The van der Waals surface area contributed by atoms with Crippen LogP contribution in [0, 0.1) is 18.3 Å². The summed E-state index contributed by atoms with van der Waals surface area (Å²) in [7, 11) is 0. The third-order valence-electron chi connectivity index (χ3n) is 1.74. The number of aromatic nitrogens is 2. The quantitative estimate of drug-likeness (QED) is 0.710. The molecule has 2 atom stereocenters. The SMILES string of the molecule is Cc1cncc(C(O)C(O)CC#N)n1. The summed E-state index contributed by atoms with van der Waals surface area (Å²) < 4.78 is 0. The van der Waals surface area contributed by atoms with Crippen LogP contribution in [0.5, 0.6) is 0 Å². The van der Waals surface area contributed by atoms with Crippen molar-refractivity contribution in [3.05, 3.63) is 23.8 Å². The van der Waals surface area contributed by atoms with E-state index in [1.165, 1.54) is 6.20 Å². The first-order valence-corrected chi connectivity index (χ1v) is 4.16. The fraction of sp³-hybridized carbons (Fsp3) is 0.444. The van der Waals surface area contributed by atoms with Crippen LogP contribution >= 0.6 is 0 Å². The van der Waals surface area contributed by atoms with Crippen LogP contribution in [0.4, 0.5) is 0 Å². The molecule has 0 aromatic carbocycles. The Morgan fingerprint density at radius 1 is 1.50 bits per heavy atom. The molecule has 0 saturated carbocycles. The van der Waals surface area contributed by atoms with Crippen LogP contribution in [0.3, 0.4) is 0 Å². The van der Waals surface area contributed by atoms with Gasteiger partial charge in [-0.2, -0.15) is 5.26 Å². The molecule has 0 bridgehead atoms. The molecule has 5 heteroatoms. The average molecular weight is 193 g/mol. The van der Waals surface area contributed by atoms with Crippen LogP contribution in [-0.2, 0) is 0 Å². The summed E-state index contributed by atoms with van der Waals surface area (Å²) in [6, 6.07) is 1.77. The van der Waals surface area contributed by atoms with Gasteiger partial charge in [-0.1, -0.05) is 0 Å². The van der Waals surface area contributed by atoms with Crippen LogP contribution in [0.15, 0.2) is 12.4 Å². The van der Waals surface area contributed by atoms with Crippen molar-refractivity contribution in [1.82, 2.24) is 9.97 Å². The van der Waals surface area contributed by atoms with Crippen molar-refractivity contribution in [1.29, 1.82) is 5.26 Å². The van der Waals surface area contributed by atoms with Crippen molar-refractivity contribution in [2.24, 2.45) is 0 Å². The minimum Gasteiger partial charge on any atom is -0.389 e. The fourth-order valence-electron chi connectivity index (χ4n) is 1.03. The Hall–Kier alpha value is -1.51. The Labute approximate surface area is 81.7 Å². The van der Waals surface area contributed by atoms with E-state index in [0.717, 1.165) is 0 Å². The number of nitriles is 1. The average Bonchev–Trinajstić information content (AvgIpc) is 2.17. The molecule has 0 amide bonds. The Kier molecular flexibility index (Phi) is 3.51. The molecule has 5 nitrogen and oxygen atoms in total. The van der Waals surface area contributed by atoms with Gasteiger partial charge in [0.1, 0.15) is 6.10 Å². The van der Waals surface area contributed by atoms with Crippen LogP contribution < -0.4 is 0 Å². The van der Waals surface area contributed by atoms with E-state index in [1.807, 2.05) is 0 Å². The van der Waals surface area contributed by atoms with Gasteiger partial charge >= 0.3 is 0 Å². The second-order valence-electron chi connectivity index (χ2n) is 2.96. The first-order chi connectivity index (χ1) is 6.65. The summed E-state index contributed by atoms with van der Waals surface area (Å²) in [6.07, 6.45) is 0.528. The number of hydrogen-bond acceptors (Lipinski definition) is 5. The third-order valence-corrected chi connectivity index (χ3v) is 1.74. The number of aliphatic hydroxyl groups is 2. The predicted molar refractivity (Wildman–Crippen MR) is 48.0 cm³/mol. The molecule has 2 unspecified atom stereocenters. The molecule has 0 aliphatic heterocycles. The summed E-state index contributed by atoms with van der Waals surface area (Å²) in [5.41, 5.74) is 0.943. The lowest BCUT2D eigenvalue weighted by Gasteiger charge is -2.14. The van der Waals surface area contributed by atoms with E-state index < -0.39 is 12.2 Å². The molecule has 0 aliphatic carbocycles. The van der Waals surface area contributed by atoms with Crippen molar-refractivity contribution in [3.8, 4) is 6.07 Å². The Morgan fingerprint density at radius 3 is 2.79 bits per heavy atom. The van der Waals surface area contributed by atoms with E-state index in [0.29, 0.717) is 5.69 Å². The maximum atomic E-state index is 9.54. The second-order valence-corrected chi connectivity index (χ2v) is 2.96. The minimum atomic E-state index is -1.15. The Bertz CT molecular complexity index is 348.